The van der Waals surface area contributed by atoms with Crippen LogP contribution in [0.15, 0.2) is 22.7 Å². The van der Waals surface area contributed by atoms with Crippen LogP contribution in [0, 0.1) is 0 Å². The van der Waals surface area contributed by atoms with Crippen molar-refractivity contribution in [3.8, 4) is 5.75 Å². The van der Waals surface area contributed by atoms with Crippen LogP contribution in [0.2, 0.25) is 0 Å². The summed E-state index contributed by atoms with van der Waals surface area (Å²) in [7, 11) is 1.89. The van der Waals surface area contributed by atoms with Gasteiger partial charge < -0.3 is 19.9 Å². The van der Waals surface area contributed by atoms with Crippen LogP contribution in [0.1, 0.15) is 12.5 Å². The van der Waals surface area contributed by atoms with E-state index < -0.39 is 6.10 Å². The molecule has 0 fully saturated rings. The fourth-order valence-corrected chi connectivity index (χ4v) is 1.85. The molecule has 0 heterocycles. The van der Waals surface area contributed by atoms with Crippen LogP contribution in [0.4, 0.5) is 0 Å². The number of nitrogens with one attached hydrogen (secondary N) is 1. The molecule has 0 aliphatic carbocycles. The van der Waals surface area contributed by atoms with Gasteiger partial charge in [-0.3, -0.25) is 0 Å². The molecule has 1 unspecified atom stereocenters. The maximum absolute atomic E-state index is 9.60. The summed E-state index contributed by atoms with van der Waals surface area (Å²) >= 11 is 3.48. The van der Waals surface area contributed by atoms with E-state index in [1.807, 2.05) is 32.2 Å². The van der Waals surface area contributed by atoms with Crippen molar-refractivity contribution < 1.29 is 14.6 Å². The second-order valence-corrected chi connectivity index (χ2v) is 4.76. The van der Waals surface area contributed by atoms with Gasteiger partial charge in [0, 0.05) is 17.6 Å². The summed E-state index contributed by atoms with van der Waals surface area (Å²) in [6.45, 7) is 3.80. The second-order valence-electron chi connectivity index (χ2n) is 3.91. The van der Waals surface area contributed by atoms with E-state index in [9.17, 15) is 5.11 Å². The van der Waals surface area contributed by atoms with Crippen molar-refractivity contribution in [2.75, 3.05) is 26.9 Å². The van der Waals surface area contributed by atoms with Gasteiger partial charge in [-0.05, 0) is 37.7 Å². The molecule has 0 spiro atoms. The third-order valence-corrected chi connectivity index (χ3v) is 3.11. The molecule has 0 bridgehead atoms. The number of benzene rings is 1. The van der Waals surface area contributed by atoms with Crippen LogP contribution in [-0.4, -0.2) is 38.1 Å². The molecular weight excluding hydrogens is 298 g/mol. The summed E-state index contributed by atoms with van der Waals surface area (Å²) in [5, 5.41) is 12.7. The van der Waals surface area contributed by atoms with E-state index in [1.54, 1.807) is 0 Å². The van der Waals surface area contributed by atoms with Crippen molar-refractivity contribution in [3.63, 3.8) is 0 Å². The Morgan fingerprint density at radius 1 is 1.39 bits per heavy atom. The molecule has 5 heteroatoms. The molecule has 1 aromatic carbocycles. The lowest BCUT2D eigenvalue weighted by molar-refractivity contribution is 0.0164. The van der Waals surface area contributed by atoms with Gasteiger partial charge in [0.1, 0.15) is 18.5 Å². The smallest absolute Gasteiger partial charge is 0.119 e. The molecule has 102 valence electrons. The molecule has 1 aromatic rings. The summed E-state index contributed by atoms with van der Waals surface area (Å²) < 4.78 is 11.7. The van der Waals surface area contributed by atoms with Crippen molar-refractivity contribution in [3.05, 3.63) is 28.2 Å². The van der Waals surface area contributed by atoms with Gasteiger partial charge in [0.05, 0.1) is 6.61 Å². The van der Waals surface area contributed by atoms with Crippen LogP contribution in [0.5, 0.6) is 5.75 Å². The maximum atomic E-state index is 9.60. The topological polar surface area (TPSA) is 50.7 Å². The number of aliphatic hydroxyl groups is 1. The first-order chi connectivity index (χ1) is 8.67. The van der Waals surface area contributed by atoms with Gasteiger partial charge in [0.25, 0.3) is 0 Å². The minimum absolute atomic E-state index is 0.237. The number of hydrogen-bond acceptors (Lipinski definition) is 4. The van der Waals surface area contributed by atoms with E-state index >= 15 is 0 Å². The lowest BCUT2D eigenvalue weighted by atomic mass is 10.2. The highest BCUT2D eigenvalue weighted by Gasteiger charge is 2.06. The molecular formula is C13H20BrNO3. The number of rotatable bonds is 8. The molecule has 1 rings (SSSR count). The second kappa shape index (κ2) is 8.48. The Balaban J connectivity index is 2.49. The number of hydrogen-bond donors (Lipinski definition) is 2. The molecule has 2 N–H and O–H groups in total. The van der Waals surface area contributed by atoms with Crippen molar-refractivity contribution in [1.29, 1.82) is 0 Å². The van der Waals surface area contributed by atoms with Crippen molar-refractivity contribution in [2.45, 2.75) is 19.6 Å². The van der Waals surface area contributed by atoms with Crippen LogP contribution in [0.3, 0.4) is 0 Å². The largest absolute Gasteiger partial charge is 0.491 e. The zero-order valence-electron chi connectivity index (χ0n) is 10.8. The predicted octanol–water partition coefficient (Wildman–Crippen LogP) is 1.94. The third kappa shape index (κ3) is 5.35. The Hall–Kier alpha value is -0.620. The highest BCUT2D eigenvalue weighted by Crippen LogP contribution is 2.22. The highest BCUT2D eigenvalue weighted by atomic mass is 79.9. The average molecular weight is 318 g/mol. The third-order valence-electron chi connectivity index (χ3n) is 2.34. The summed E-state index contributed by atoms with van der Waals surface area (Å²) in [6.07, 6.45) is -0.596. The minimum atomic E-state index is -0.596. The van der Waals surface area contributed by atoms with Crippen molar-refractivity contribution in [2.24, 2.45) is 0 Å². The Labute approximate surface area is 116 Å². The molecule has 0 saturated heterocycles. The fourth-order valence-electron chi connectivity index (χ4n) is 1.46. The Morgan fingerprint density at radius 2 is 2.17 bits per heavy atom. The first-order valence-electron chi connectivity index (χ1n) is 5.99. The standard InChI is InChI=1S/C13H20BrNO3/c1-3-17-8-11(16)9-18-12-4-5-13(14)10(6-12)7-15-2/h4-6,11,15-16H,3,7-9H2,1-2H3. The summed E-state index contributed by atoms with van der Waals surface area (Å²) in [5.41, 5.74) is 1.12. The lowest BCUT2D eigenvalue weighted by Gasteiger charge is -2.13. The first kappa shape index (κ1) is 15.4. The van der Waals surface area contributed by atoms with Gasteiger partial charge in [-0.1, -0.05) is 15.9 Å². The van der Waals surface area contributed by atoms with Crippen LogP contribution < -0.4 is 10.1 Å². The van der Waals surface area contributed by atoms with Gasteiger partial charge in [-0.15, -0.1) is 0 Å². The van der Waals surface area contributed by atoms with E-state index in [1.165, 1.54) is 0 Å². The molecule has 0 radical (unpaired) electrons. The summed E-state index contributed by atoms with van der Waals surface area (Å²) in [5.74, 6) is 0.749. The molecule has 0 aromatic heterocycles. The van der Waals surface area contributed by atoms with Crippen molar-refractivity contribution in [1.82, 2.24) is 5.32 Å². The van der Waals surface area contributed by atoms with E-state index in [2.05, 4.69) is 21.2 Å². The summed E-state index contributed by atoms with van der Waals surface area (Å²) in [6, 6.07) is 5.77. The minimum Gasteiger partial charge on any atom is -0.491 e. The molecule has 0 aliphatic heterocycles. The number of aliphatic hydroxyl groups excluding tert-OH is 1. The molecule has 1 atom stereocenters. The lowest BCUT2D eigenvalue weighted by Crippen LogP contribution is -2.23. The van der Waals surface area contributed by atoms with Gasteiger partial charge in [0.2, 0.25) is 0 Å². The molecule has 4 nitrogen and oxygen atoms in total. The Kier molecular flexibility index (Phi) is 7.27. The highest BCUT2D eigenvalue weighted by molar-refractivity contribution is 9.10. The Bertz CT molecular complexity index is 360. The molecule has 0 aliphatic rings. The van der Waals surface area contributed by atoms with E-state index in [4.69, 9.17) is 9.47 Å². The van der Waals surface area contributed by atoms with Crippen LogP contribution in [-0.2, 0) is 11.3 Å². The average Bonchev–Trinajstić information content (AvgIpc) is 2.37. The van der Waals surface area contributed by atoms with E-state index in [0.29, 0.717) is 13.2 Å². The maximum Gasteiger partial charge on any atom is 0.119 e. The number of halogens is 1. The monoisotopic (exact) mass is 317 g/mol. The van der Waals surface area contributed by atoms with Gasteiger partial charge in [0.15, 0.2) is 0 Å². The zero-order valence-corrected chi connectivity index (χ0v) is 12.4. The fraction of sp³-hybridized carbons (Fsp3) is 0.538. The van der Waals surface area contributed by atoms with E-state index in [-0.39, 0.29) is 6.61 Å². The van der Waals surface area contributed by atoms with Crippen molar-refractivity contribution >= 4 is 15.9 Å². The van der Waals surface area contributed by atoms with E-state index in [0.717, 1.165) is 22.3 Å². The normalized spacial score (nSPS) is 12.4. The predicted molar refractivity (Wildman–Crippen MR) is 74.9 cm³/mol. The Morgan fingerprint density at radius 3 is 2.83 bits per heavy atom. The quantitative estimate of drug-likeness (QED) is 0.769. The first-order valence-corrected chi connectivity index (χ1v) is 6.78. The van der Waals surface area contributed by atoms with Crippen LogP contribution >= 0.6 is 15.9 Å². The zero-order chi connectivity index (χ0) is 13.4. The SMILES string of the molecule is CCOCC(O)COc1ccc(Br)c(CNC)c1. The van der Waals surface area contributed by atoms with Gasteiger partial charge >= 0.3 is 0 Å². The molecule has 0 saturated carbocycles. The molecule has 0 amide bonds. The van der Waals surface area contributed by atoms with Crippen LogP contribution in [0.25, 0.3) is 0 Å². The number of ether oxygens (including phenoxy) is 2. The summed E-state index contributed by atoms with van der Waals surface area (Å²) in [4.78, 5) is 0. The van der Waals surface area contributed by atoms with Gasteiger partial charge in [-0.25, -0.2) is 0 Å². The molecule has 18 heavy (non-hydrogen) atoms. The van der Waals surface area contributed by atoms with Gasteiger partial charge in [-0.2, -0.15) is 0 Å².